The van der Waals surface area contributed by atoms with Gasteiger partial charge in [0, 0.05) is 12.7 Å². The quantitative estimate of drug-likeness (QED) is 0.781. The van der Waals surface area contributed by atoms with Crippen LogP contribution in [0.2, 0.25) is 0 Å². The third-order valence-electron chi connectivity index (χ3n) is 5.47. The molecule has 29 heavy (non-hydrogen) atoms. The first-order valence-corrected chi connectivity index (χ1v) is 9.70. The summed E-state index contributed by atoms with van der Waals surface area (Å²) < 4.78 is 0. The summed E-state index contributed by atoms with van der Waals surface area (Å²) in [5.74, 6) is -1.69. The third kappa shape index (κ3) is 4.62. The fraction of sp³-hybridized carbons (Fsp3) is 0.364. The zero-order valence-corrected chi connectivity index (χ0v) is 16.9. The Morgan fingerprint density at radius 2 is 1.86 bits per heavy atom. The Balaban J connectivity index is 1.81. The van der Waals surface area contributed by atoms with E-state index in [4.69, 9.17) is 5.73 Å². The van der Waals surface area contributed by atoms with Gasteiger partial charge in [0.25, 0.3) is 0 Å². The zero-order chi connectivity index (χ0) is 21.1. The lowest BCUT2D eigenvalue weighted by atomic mass is 9.88. The largest absolute Gasteiger partial charge is 0.366 e. The van der Waals surface area contributed by atoms with Crippen molar-refractivity contribution in [2.75, 3.05) is 11.9 Å². The Morgan fingerprint density at radius 3 is 2.55 bits per heavy atom. The number of amides is 3. The Morgan fingerprint density at radius 1 is 1.10 bits per heavy atom. The van der Waals surface area contributed by atoms with Crippen LogP contribution in [-0.4, -0.2) is 34.2 Å². The summed E-state index contributed by atoms with van der Waals surface area (Å²) >= 11 is 0. The summed E-state index contributed by atoms with van der Waals surface area (Å²) in [4.78, 5) is 42.5. The van der Waals surface area contributed by atoms with Crippen LogP contribution in [-0.2, 0) is 9.59 Å². The number of nitrogens with two attached hydrogens (primary N) is 1. The highest BCUT2D eigenvalue weighted by Gasteiger charge is 2.34. The second-order valence-electron chi connectivity index (χ2n) is 7.78. The van der Waals surface area contributed by atoms with Gasteiger partial charge in [0.15, 0.2) is 0 Å². The van der Waals surface area contributed by atoms with Crippen LogP contribution in [0.4, 0.5) is 5.69 Å². The van der Waals surface area contributed by atoms with Crippen molar-refractivity contribution in [1.82, 2.24) is 9.88 Å². The van der Waals surface area contributed by atoms with Gasteiger partial charge in [-0.2, -0.15) is 0 Å². The van der Waals surface area contributed by atoms with Crippen LogP contribution in [0.5, 0.6) is 0 Å². The SMILES string of the molecule is Cc1ccc([C@@H]2CC[C@@H](C)CN2C(=O)C(=O)Nc2cncc(C(N)=O)c2)cc1C. The summed E-state index contributed by atoms with van der Waals surface area (Å²) in [6.45, 7) is 6.69. The van der Waals surface area contributed by atoms with E-state index in [0.29, 0.717) is 12.5 Å². The molecule has 0 bridgehead atoms. The molecule has 152 valence electrons. The van der Waals surface area contributed by atoms with Gasteiger partial charge in [-0.05, 0) is 55.4 Å². The standard InChI is InChI=1S/C22H26N4O3/c1-13-4-7-19(16-6-5-14(2)15(3)8-16)26(12-13)22(29)21(28)25-18-9-17(20(23)27)10-24-11-18/h5-6,8-11,13,19H,4,7,12H2,1-3H3,(H2,23,27)(H,25,28)/t13-,19+/m1/s1. The van der Waals surface area contributed by atoms with Crippen LogP contribution >= 0.6 is 0 Å². The lowest BCUT2D eigenvalue weighted by Gasteiger charge is -2.38. The van der Waals surface area contributed by atoms with Gasteiger partial charge in [0.05, 0.1) is 23.5 Å². The van der Waals surface area contributed by atoms with Gasteiger partial charge in [-0.1, -0.05) is 25.1 Å². The van der Waals surface area contributed by atoms with Gasteiger partial charge in [-0.25, -0.2) is 0 Å². The van der Waals surface area contributed by atoms with Crippen LogP contribution < -0.4 is 11.1 Å². The van der Waals surface area contributed by atoms with Gasteiger partial charge in [-0.3, -0.25) is 19.4 Å². The lowest BCUT2D eigenvalue weighted by Crippen LogP contribution is -2.46. The molecule has 3 amide bonds. The third-order valence-corrected chi connectivity index (χ3v) is 5.47. The maximum Gasteiger partial charge on any atom is 0.313 e. The zero-order valence-electron chi connectivity index (χ0n) is 16.9. The summed E-state index contributed by atoms with van der Waals surface area (Å²) in [7, 11) is 0. The van der Waals surface area contributed by atoms with Gasteiger partial charge in [-0.15, -0.1) is 0 Å². The molecule has 1 saturated heterocycles. The molecule has 1 aliphatic heterocycles. The second kappa shape index (κ2) is 8.43. The minimum absolute atomic E-state index is 0.140. The molecule has 1 aromatic carbocycles. The number of likely N-dealkylation sites (tertiary alicyclic amines) is 1. The summed E-state index contributed by atoms with van der Waals surface area (Å²) in [6, 6.07) is 7.43. The summed E-state index contributed by atoms with van der Waals surface area (Å²) in [5, 5.41) is 2.54. The second-order valence-corrected chi connectivity index (χ2v) is 7.78. The Bertz CT molecular complexity index is 957. The van der Waals surface area contributed by atoms with Crippen molar-refractivity contribution in [3.05, 3.63) is 58.9 Å². The molecule has 7 heteroatoms. The van der Waals surface area contributed by atoms with Gasteiger partial charge in [0.2, 0.25) is 5.91 Å². The van der Waals surface area contributed by atoms with E-state index in [2.05, 4.69) is 23.3 Å². The van der Waals surface area contributed by atoms with Crippen molar-refractivity contribution in [2.45, 2.75) is 39.7 Å². The number of rotatable bonds is 3. The highest BCUT2D eigenvalue weighted by Crippen LogP contribution is 2.34. The number of hydrogen-bond donors (Lipinski definition) is 2. The molecule has 1 fully saturated rings. The first-order chi connectivity index (χ1) is 13.8. The molecule has 7 nitrogen and oxygen atoms in total. The molecule has 2 heterocycles. The molecular weight excluding hydrogens is 368 g/mol. The van der Waals surface area contributed by atoms with E-state index in [1.54, 1.807) is 4.90 Å². The number of nitrogens with one attached hydrogen (secondary N) is 1. The molecule has 1 aliphatic rings. The number of pyridine rings is 1. The average molecular weight is 394 g/mol. The Labute approximate surface area is 170 Å². The molecule has 2 aromatic rings. The predicted octanol–water partition coefficient (Wildman–Crippen LogP) is 2.74. The van der Waals surface area contributed by atoms with Gasteiger partial charge < -0.3 is 16.0 Å². The smallest absolute Gasteiger partial charge is 0.313 e. The normalized spacial score (nSPS) is 18.9. The fourth-order valence-electron chi connectivity index (χ4n) is 3.65. The number of hydrogen-bond acceptors (Lipinski definition) is 4. The molecule has 3 rings (SSSR count). The maximum atomic E-state index is 13.0. The maximum absolute atomic E-state index is 13.0. The molecule has 0 saturated carbocycles. The van der Waals surface area contributed by atoms with E-state index < -0.39 is 17.7 Å². The molecule has 3 N–H and O–H groups in total. The van der Waals surface area contributed by atoms with E-state index in [1.807, 2.05) is 26.0 Å². The molecule has 0 unspecified atom stereocenters. The van der Waals surface area contributed by atoms with Crippen molar-refractivity contribution in [2.24, 2.45) is 11.7 Å². The predicted molar refractivity (Wildman–Crippen MR) is 110 cm³/mol. The van der Waals surface area contributed by atoms with E-state index in [9.17, 15) is 14.4 Å². The number of piperidine rings is 1. The molecule has 0 spiro atoms. The Kier molecular flexibility index (Phi) is 5.96. The molecular formula is C22H26N4O3. The summed E-state index contributed by atoms with van der Waals surface area (Å²) in [5.41, 5.74) is 9.05. The van der Waals surface area contributed by atoms with Gasteiger partial charge in [0.1, 0.15) is 0 Å². The first-order valence-electron chi connectivity index (χ1n) is 9.70. The highest BCUT2D eigenvalue weighted by atomic mass is 16.2. The number of primary amides is 1. The number of aryl methyl sites for hydroxylation is 2. The van der Waals surface area contributed by atoms with Gasteiger partial charge >= 0.3 is 11.8 Å². The number of aromatic nitrogens is 1. The van der Waals surface area contributed by atoms with E-state index in [1.165, 1.54) is 24.0 Å². The van der Waals surface area contributed by atoms with Crippen LogP contribution in [0, 0.1) is 19.8 Å². The molecule has 1 aromatic heterocycles. The van der Waals surface area contributed by atoms with Crippen molar-refractivity contribution < 1.29 is 14.4 Å². The minimum Gasteiger partial charge on any atom is -0.366 e. The van der Waals surface area contributed by atoms with Crippen LogP contribution in [0.15, 0.2) is 36.7 Å². The van der Waals surface area contributed by atoms with E-state index in [0.717, 1.165) is 24.0 Å². The van der Waals surface area contributed by atoms with Crippen molar-refractivity contribution in [3.63, 3.8) is 0 Å². The van der Waals surface area contributed by atoms with Crippen LogP contribution in [0.25, 0.3) is 0 Å². The highest BCUT2D eigenvalue weighted by molar-refractivity contribution is 6.39. The average Bonchev–Trinajstić information content (AvgIpc) is 2.69. The first kappa shape index (κ1) is 20.5. The van der Waals surface area contributed by atoms with Crippen LogP contribution in [0.1, 0.15) is 52.9 Å². The van der Waals surface area contributed by atoms with Crippen molar-refractivity contribution in [1.29, 1.82) is 0 Å². The molecule has 0 aliphatic carbocycles. The number of benzene rings is 1. The van der Waals surface area contributed by atoms with Crippen LogP contribution in [0.3, 0.4) is 0 Å². The number of carbonyl (C=O) groups is 3. The molecule has 2 atom stereocenters. The Hall–Kier alpha value is -3.22. The topological polar surface area (TPSA) is 105 Å². The number of carbonyl (C=O) groups excluding carboxylic acids is 3. The summed E-state index contributed by atoms with van der Waals surface area (Å²) in [6.07, 6.45) is 4.48. The van der Waals surface area contributed by atoms with Crippen molar-refractivity contribution >= 4 is 23.4 Å². The number of anilines is 1. The van der Waals surface area contributed by atoms with Crippen molar-refractivity contribution in [3.8, 4) is 0 Å². The van der Waals surface area contributed by atoms with E-state index in [-0.39, 0.29) is 17.3 Å². The number of nitrogens with zero attached hydrogens (tertiary/aromatic N) is 2. The fourth-order valence-corrected chi connectivity index (χ4v) is 3.65. The van der Waals surface area contributed by atoms with E-state index >= 15 is 0 Å². The molecule has 0 radical (unpaired) electrons. The minimum atomic E-state index is -0.753. The monoisotopic (exact) mass is 394 g/mol. The lowest BCUT2D eigenvalue weighted by molar-refractivity contribution is -0.146.